The van der Waals surface area contributed by atoms with Crippen molar-refractivity contribution < 1.29 is 13.5 Å². The van der Waals surface area contributed by atoms with Crippen LogP contribution in [0.25, 0.3) is 0 Å². The summed E-state index contributed by atoms with van der Waals surface area (Å²) in [4.78, 5) is 0.300. The molecule has 0 aliphatic carbocycles. The first-order valence-electron chi connectivity index (χ1n) is 4.15. The molecule has 0 atom stereocenters. The van der Waals surface area contributed by atoms with Gasteiger partial charge in [-0.15, -0.1) is 0 Å². The summed E-state index contributed by atoms with van der Waals surface area (Å²) >= 11 is 3.23. The number of halogens is 1. The predicted molar refractivity (Wildman–Crippen MR) is 57.9 cm³/mol. The number of hydrogen-bond acceptors (Lipinski definition) is 3. The lowest BCUT2D eigenvalue weighted by atomic mass is 10.4. The molecular formula is C9H11BrO3S. The summed E-state index contributed by atoms with van der Waals surface area (Å²) in [7, 11) is -3.22. The lowest BCUT2D eigenvalue weighted by molar-refractivity contribution is 0.295. The van der Waals surface area contributed by atoms with E-state index in [9.17, 15) is 8.42 Å². The monoisotopic (exact) mass is 278 g/mol. The Morgan fingerprint density at radius 1 is 1.21 bits per heavy atom. The molecule has 78 valence electrons. The summed E-state index contributed by atoms with van der Waals surface area (Å²) in [6.45, 7) is -0.101. The van der Waals surface area contributed by atoms with Crippen molar-refractivity contribution in [1.29, 1.82) is 0 Å². The lowest BCUT2D eigenvalue weighted by Gasteiger charge is -2.02. The van der Waals surface area contributed by atoms with Crippen LogP contribution >= 0.6 is 15.9 Å². The average Bonchev–Trinajstić information content (AvgIpc) is 2.16. The van der Waals surface area contributed by atoms with Crippen molar-refractivity contribution in [3.8, 4) is 0 Å². The fourth-order valence-corrected chi connectivity index (χ4v) is 2.57. The normalized spacial score (nSPS) is 11.6. The smallest absolute Gasteiger partial charge is 0.178 e. The molecule has 1 aromatic carbocycles. The van der Waals surface area contributed by atoms with Crippen molar-refractivity contribution >= 4 is 25.8 Å². The summed E-state index contributed by atoms with van der Waals surface area (Å²) in [5.41, 5.74) is 0. The molecule has 1 N–H and O–H groups in total. The second-order valence-electron chi connectivity index (χ2n) is 2.85. The highest BCUT2D eigenvalue weighted by Crippen LogP contribution is 2.16. The molecule has 0 heterocycles. The zero-order chi connectivity index (χ0) is 10.6. The summed E-state index contributed by atoms with van der Waals surface area (Å²) in [6, 6.07) is 6.48. The molecule has 0 aliphatic heterocycles. The fraction of sp³-hybridized carbons (Fsp3) is 0.333. The van der Waals surface area contributed by atoms with Crippen molar-refractivity contribution in [3.05, 3.63) is 28.7 Å². The molecule has 5 heteroatoms. The van der Waals surface area contributed by atoms with Gasteiger partial charge in [0.2, 0.25) is 0 Å². The van der Waals surface area contributed by atoms with E-state index in [4.69, 9.17) is 5.11 Å². The van der Waals surface area contributed by atoms with Crippen molar-refractivity contribution in [1.82, 2.24) is 0 Å². The number of rotatable bonds is 4. The Kier molecular flexibility index (Phi) is 4.10. The summed E-state index contributed by atoms with van der Waals surface area (Å²) in [5.74, 6) is -0.00880. The molecule has 14 heavy (non-hydrogen) atoms. The molecule has 1 rings (SSSR count). The predicted octanol–water partition coefficient (Wildman–Crippen LogP) is 1.61. The molecule has 0 amide bonds. The van der Waals surface area contributed by atoms with Crippen LogP contribution < -0.4 is 0 Å². The molecule has 0 spiro atoms. The van der Waals surface area contributed by atoms with E-state index >= 15 is 0 Å². The first-order valence-corrected chi connectivity index (χ1v) is 6.60. The van der Waals surface area contributed by atoms with E-state index in [1.807, 2.05) is 0 Å². The Labute approximate surface area is 91.8 Å². The highest BCUT2D eigenvalue weighted by Gasteiger charge is 2.12. The highest BCUT2D eigenvalue weighted by atomic mass is 79.9. The maximum absolute atomic E-state index is 11.6. The van der Waals surface area contributed by atoms with Gasteiger partial charge in [-0.1, -0.05) is 15.9 Å². The second kappa shape index (κ2) is 4.91. The first kappa shape index (κ1) is 11.7. The molecule has 0 saturated heterocycles. The number of sulfone groups is 1. The van der Waals surface area contributed by atoms with Crippen LogP contribution in [0.15, 0.2) is 33.6 Å². The number of aliphatic hydroxyl groups excluding tert-OH is 1. The molecule has 1 aromatic rings. The third-order valence-electron chi connectivity index (χ3n) is 1.74. The van der Waals surface area contributed by atoms with Gasteiger partial charge in [-0.2, -0.15) is 0 Å². The highest BCUT2D eigenvalue weighted by molar-refractivity contribution is 9.10. The SMILES string of the molecule is O=S(=O)(CCCO)c1ccc(Br)cc1. The van der Waals surface area contributed by atoms with Crippen LogP contribution in [-0.2, 0) is 9.84 Å². The molecule has 3 nitrogen and oxygen atoms in total. The van der Waals surface area contributed by atoms with Gasteiger partial charge in [-0.3, -0.25) is 0 Å². The average molecular weight is 279 g/mol. The van der Waals surface area contributed by atoms with Crippen LogP contribution in [0.3, 0.4) is 0 Å². The third kappa shape index (κ3) is 3.08. The zero-order valence-corrected chi connectivity index (χ0v) is 9.88. The Morgan fingerprint density at radius 3 is 2.29 bits per heavy atom. The minimum Gasteiger partial charge on any atom is -0.396 e. The van der Waals surface area contributed by atoms with E-state index in [0.29, 0.717) is 4.90 Å². The fourth-order valence-electron chi connectivity index (χ4n) is 1.01. The van der Waals surface area contributed by atoms with E-state index in [-0.39, 0.29) is 18.8 Å². The Hall–Kier alpha value is -0.390. The van der Waals surface area contributed by atoms with E-state index in [2.05, 4.69) is 15.9 Å². The number of hydrogen-bond donors (Lipinski definition) is 1. The van der Waals surface area contributed by atoms with Crippen LogP contribution in [0, 0.1) is 0 Å². The summed E-state index contributed by atoms with van der Waals surface area (Å²) in [5, 5.41) is 8.55. The van der Waals surface area contributed by atoms with Gasteiger partial charge >= 0.3 is 0 Å². The van der Waals surface area contributed by atoms with Crippen LogP contribution in [0.5, 0.6) is 0 Å². The van der Waals surface area contributed by atoms with Crippen LogP contribution in [0.2, 0.25) is 0 Å². The van der Waals surface area contributed by atoms with E-state index in [0.717, 1.165) is 4.47 Å². The van der Waals surface area contributed by atoms with Crippen LogP contribution in [-0.4, -0.2) is 25.9 Å². The first-order chi connectivity index (χ1) is 6.56. The topological polar surface area (TPSA) is 54.4 Å². The van der Waals surface area contributed by atoms with Crippen molar-refractivity contribution in [2.75, 3.05) is 12.4 Å². The molecule has 0 aliphatic rings. The van der Waals surface area contributed by atoms with Gasteiger partial charge in [0.05, 0.1) is 10.6 Å². The Bertz CT molecular complexity index is 383. The Balaban J connectivity index is 2.87. The van der Waals surface area contributed by atoms with Gasteiger partial charge < -0.3 is 5.11 Å². The minimum atomic E-state index is -3.22. The second-order valence-corrected chi connectivity index (χ2v) is 5.87. The molecule has 0 saturated carbocycles. The van der Waals surface area contributed by atoms with Crippen LogP contribution in [0.1, 0.15) is 6.42 Å². The van der Waals surface area contributed by atoms with Gasteiger partial charge in [0.25, 0.3) is 0 Å². The number of aliphatic hydroxyl groups is 1. The summed E-state index contributed by atoms with van der Waals surface area (Å²) < 4.78 is 24.0. The maximum Gasteiger partial charge on any atom is 0.178 e. The van der Waals surface area contributed by atoms with Gasteiger partial charge in [-0.25, -0.2) is 8.42 Å². The van der Waals surface area contributed by atoms with Crippen molar-refractivity contribution in [2.45, 2.75) is 11.3 Å². The lowest BCUT2D eigenvalue weighted by Crippen LogP contribution is -2.07. The minimum absolute atomic E-state index is 0.00880. The molecule has 0 bridgehead atoms. The van der Waals surface area contributed by atoms with Crippen LogP contribution in [0.4, 0.5) is 0 Å². The molecule has 0 fully saturated rings. The van der Waals surface area contributed by atoms with E-state index < -0.39 is 9.84 Å². The maximum atomic E-state index is 11.6. The standard InChI is InChI=1S/C9H11BrO3S/c10-8-2-4-9(5-3-8)14(12,13)7-1-6-11/h2-5,11H,1,6-7H2. The molecule has 0 unspecified atom stereocenters. The molecule has 0 radical (unpaired) electrons. The largest absolute Gasteiger partial charge is 0.396 e. The van der Waals surface area contributed by atoms with E-state index in [1.165, 1.54) is 0 Å². The van der Waals surface area contributed by atoms with Gasteiger partial charge in [0.15, 0.2) is 9.84 Å². The van der Waals surface area contributed by atoms with Gasteiger partial charge in [0, 0.05) is 11.1 Å². The van der Waals surface area contributed by atoms with E-state index in [1.54, 1.807) is 24.3 Å². The Morgan fingerprint density at radius 2 is 1.79 bits per heavy atom. The number of benzene rings is 1. The quantitative estimate of drug-likeness (QED) is 0.911. The van der Waals surface area contributed by atoms with Crippen molar-refractivity contribution in [2.24, 2.45) is 0 Å². The molecule has 0 aromatic heterocycles. The van der Waals surface area contributed by atoms with Gasteiger partial charge in [0.1, 0.15) is 0 Å². The molecular weight excluding hydrogens is 268 g/mol. The third-order valence-corrected chi connectivity index (χ3v) is 4.09. The zero-order valence-electron chi connectivity index (χ0n) is 7.48. The summed E-state index contributed by atoms with van der Waals surface area (Å²) in [6.07, 6.45) is 0.276. The van der Waals surface area contributed by atoms with Crippen molar-refractivity contribution in [3.63, 3.8) is 0 Å². The van der Waals surface area contributed by atoms with Gasteiger partial charge in [-0.05, 0) is 30.7 Å².